The van der Waals surface area contributed by atoms with Crippen LogP contribution in [0.15, 0.2) is 47.4 Å². The van der Waals surface area contributed by atoms with Crippen LogP contribution in [0.25, 0.3) is 10.2 Å². The van der Waals surface area contributed by atoms with Gasteiger partial charge in [-0.1, -0.05) is 31.3 Å². The minimum Gasteiger partial charge on any atom is -0.308 e. The SMILES string of the molecule is CCCN(CCC)S(=O)(=O)c1ccc(C(=O)N(CCN(C)C)c2nc3c(F)cccc3s2)cc1.Cl. The molecule has 0 radical (unpaired) electrons. The molecule has 0 aliphatic heterocycles. The van der Waals surface area contributed by atoms with Gasteiger partial charge in [0.25, 0.3) is 5.91 Å². The molecule has 7 nitrogen and oxygen atoms in total. The van der Waals surface area contributed by atoms with E-state index in [0.717, 1.165) is 12.8 Å². The number of thiazole rings is 1. The first-order chi connectivity index (χ1) is 16.2. The number of sulfonamides is 1. The van der Waals surface area contributed by atoms with Crippen molar-refractivity contribution < 1.29 is 17.6 Å². The van der Waals surface area contributed by atoms with Crippen LogP contribution in [-0.4, -0.2) is 68.8 Å². The first-order valence-electron chi connectivity index (χ1n) is 11.3. The Morgan fingerprint density at radius 2 is 1.60 bits per heavy atom. The molecule has 0 bridgehead atoms. The molecule has 11 heteroatoms. The van der Waals surface area contributed by atoms with Gasteiger partial charge in [-0.2, -0.15) is 4.31 Å². The van der Waals surface area contributed by atoms with Crippen LogP contribution in [0.1, 0.15) is 37.0 Å². The lowest BCUT2D eigenvalue weighted by Crippen LogP contribution is -2.36. The summed E-state index contributed by atoms with van der Waals surface area (Å²) >= 11 is 1.25. The molecular weight excluding hydrogens is 511 g/mol. The van der Waals surface area contributed by atoms with Crippen LogP contribution in [0.4, 0.5) is 9.52 Å². The van der Waals surface area contributed by atoms with Gasteiger partial charge in [-0.3, -0.25) is 9.69 Å². The summed E-state index contributed by atoms with van der Waals surface area (Å²) in [4.78, 5) is 21.5. The van der Waals surface area contributed by atoms with Crippen LogP contribution in [0.3, 0.4) is 0 Å². The largest absolute Gasteiger partial charge is 0.308 e. The smallest absolute Gasteiger partial charge is 0.260 e. The maximum Gasteiger partial charge on any atom is 0.260 e. The number of para-hydroxylation sites is 1. The Balaban J connectivity index is 0.00000432. The fourth-order valence-electron chi connectivity index (χ4n) is 3.53. The van der Waals surface area contributed by atoms with E-state index in [1.54, 1.807) is 12.1 Å². The van der Waals surface area contributed by atoms with Crippen molar-refractivity contribution in [3.8, 4) is 0 Å². The number of likely N-dealkylation sites (N-methyl/N-ethyl adjacent to an activating group) is 1. The third-order valence-corrected chi connectivity index (χ3v) is 8.25. The monoisotopic (exact) mass is 542 g/mol. The molecule has 1 heterocycles. The van der Waals surface area contributed by atoms with E-state index in [0.29, 0.717) is 41.6 Å². The molecular formula is C24H32ClFN4O3S2. The van der Waals surface area contributed by atoms with Gasteiger partial charge in [-0.15, -0.1) is 12.4 Å². The Morgan fingerprint density at radius 3 is 2.14 bits per heavy atom. The molecule has 0 aliphatic carbocycles. The van der Waals surface area contributed by atoms with Crippen molar-refractivity contribution in [1.82, 2.24) is 14.2 Å². The first kappa shape index (κ1) is 29.1. The van der Waals surface area contributed by atoms with E-state index >= 15 is 0 Å². The van der Waals surface area contributed by atoms with Gasteiger partial charge in [0.2, 0.25) is 10.0 Å². The third-order valence-electron chi connectivity index (χ3n) is 5.29. The van der Waals surface area contributed by atoms with Crippen LogP contribution in [0, 0.1) is 5.82 Å². The molecule has 0 spiro atoms. The number of benzene rings is 2. The number of nitrogens with zero attached hydrogens (tertiary/aromatic N) is 4. The van der Waals surface area contributed by atoms with Gasteiger partial charge in [-0.05, 0) is 63.3 Å². The van der Waals surface area contributed by atoms with E-state index < -0.39 is 15.8 Å². The van der Waals surface area contributed by atoms with E-state index in [2.05, 4.69) is 4.98 Å². The predicted molar refractivity (Wildman–Crippen MR) is 143 cm³/mol. The van der Waals surface area contributed by atoms with Gasteiger partial charge in [0, 0.05) is 31.7 Å². The summed E-state index contributed by atoms with van der Waals surface area (Å²) < 4.78 is 42.4. The zero-order valence-corrected chi connectivity index (χ0v) is 22.8. The highest BCUT2D eigenvalue weighted by atomic mass is 35.5. The zero-order valence-electron chi connectivity index (χ0n) is 20.4. The van der Waals surface area contributed by atoms with Crippen molar-refractivity contribution in [2.75, 3.05) is 45.2 Å². The molecule has 1 aromatic heterocycles. The lowest BCUT2D eigenvalue weighted by Gasteiger charge is -2.23. The number of fused-ring (bicyclic) bond motifs is 1. The van der Waals surface area contributed by atoms with Gasteiger partial charge < -0.3 is 4.90 Å². The lowest BCUT2D eigenvalue weighted by molar-refractivity contribution is 0.0985. The Kier molecular flexibility index (Phi) is 10.6. The van der Waals surface area contributed by atoms with Crippen LogP contribution < -0.4 is 4.90 Å². The molecule has 1 amide bonds. The van der Waals surface area contributed by atoms with E-state index in [1.807, 2.05) is 32.8 Å². The molecule has 2 aromatic carbocycles. The number of amides is 1. The average Bonchev–Trinajstić information content (AvgIpc) is 3.24. The minimum atomic E-state index is -3.63. The van der Waals surface area contributed by atoms with Gasteiger partial charge in [-0.25, -0.2) is 17.8 Å². The number of carbonyl (C=O) groups is 1. The molecule has 192 valence electrons. The van der Waals surface area contributed by atoms with Gasteiger partial charge in [0.15, 0.2) is 5.13 Å². The molecule has 3 aromatic rings. The van der Waals surface area contributed by atoms with Crippen molar-refractivity contribution in [3.05, 3.63) is 53.8 Å². The highest BCUT2D eigenvalue weighted by molar-refractivity contribution is 7.89. The maximum atomic E-state index is 14.2. The number of rotatable bonds is 11. The Hall–Kier alpha value is -2.11. The Labute approximate surface area is 217 Å². The van der Waals surface area contributed by atoms with Crippen molar-refractivity contribution in [3.63, 3.8) is 0 Å². The summed E-state index contributed by atoms with van der Waals surface area (Å²) in [6.45, 7) is 5.71. The molecule has 0 aliphatic rings. The van der Waals surface area contributed by atoms with E-state index in [-0.39, 0.29) is 28.7 Å². The fraction of sp³-hybridized carbons (Fsp3) is 0.417. The van der Waals surface area contributed by atoms with Gasteiger partial charge in [0.1, 0.15) is 11.3 Å². The summed E-state index contributed by atoms with van der Waals surface area (Å²) in [6.07, 6.45) is 1.44. The molecule has 0 fully saturated rings. The van der Waals surface area contributed by atoms with Crippen LogP contribution in [-0.2, 0) is 10.0 Å². The van der Waals surface area contributed by atoms with Crippen molar-refractivity contribution in [1.29, 1.82) is 0 Å². The number of hydrogen-bond acceptors (Lipinski definition) is 6. The molecule has 35 heavy (non-hydrogen) atoms. The average molecular weight is 543 g/mol. The minimum absolute atomic E-state index is 0. The Bertz CT molecular complexity index is 1230. The highest BCUT2D eigenvalue weighted by Gasteiger charge is 2.25. The number of halogens is 2. The molecule has 0 unspecified atom stereocenters. The van der Waals surface area contributed by atoms with Gasteiger partial charge in [0.05, 0.1) is 9.60 Å². The maximum absolute atomic E-state index is 14.2. The summed E-state index contributed by atoms with van der Waals surface area (Å²) in [6, 6.07) is 10.7. The molecule has 0 saturated carbocycles. The quantitative estimate of drug-likeness (QED) is 0.345. The third kappa shape index (κ3) is 6.77. The number of hydrogen-bond donors (Lipinski definition) is 0. The molecule has 0 atom stereocenters. The standard InChI is InChI=1S/C24H31FN4O3S2.ClH/c1-5-14-28(15-6-2)34(31,32)19-12-10-18(11-13-19)23(30)29(17-16-27(3)4)24-26-22-20(25)8-7-9-21(22)33-24;/h7-13H,5-6,14-17H2,1-4H3;1H. The van der Waals surface area contributed by atoms with E-state index in [1.165, 1.54) is 50.9 Å². The summed E-state index contributed by atoms with van der Waals surface area (Å²) in [7, 11) is 0.169. The van der Waals surface area contributed by atoms with E-state index in [9.17, 15) is 17.6 Å². The highest BCUT2D eigenvalue weighted by Crippen LogP contribution is 2.31. The predicted octanol–water partition coefficient (Wildman–Crippen LogP) is 4.88. The molecule has 0 N–H and O–H groups in total. The van der Waals surface area contributed by atoms with Crippen molar-refractivity contribution in [2.24, 2.45) is 0 Å². The summed E-state index contributed by atoms with van der Waals surface area (Å²) in [5.41, 5.74) is 0.577. The summed E-state index contributed by atoms with van der Waals surface area (Å²) in [5.74, 6) is -0.748. The lowest BCUT2D eigenvalue weighted by atomic mass is 10.2. The van der Waals surface area contributed by atoms with Crippen molar-refractivity contribution in [2.45, 2.75) is 31.6 Å². The number of anilines is 1. The van der Waals surface area contributed by atoms with E-state index in [4.69, 9.17) is 0 Å². The second-order valence-electron chi connectivity index (χ2n) is 8.27. The normalized spacial score (nSPS) is 11.7. The van der Waals surface area contributed by atoms with Crippen molar-refractivity contribution >= 4 is 55.0 Å². The zero-order chi connectivity index (χ0) is 24.9. The number of carbonyl (C=O) groups excluding carboxylic acids is 1. The van der Waals surface area contributed by atoms with Gasteiger partial charge >= 0.3 is 0 Å². The number of aromatic nitrogens is 1. The molecule has 3 rings (SSSR count). The molecule has 0 saturated heterocycles. The Morgan fingerprint density at radius 1 is 0.971 bits per heavy atom. The topological polar surface area (TPSA) is 73.8 Å². The second kappa shape index (κ2) is 12.7. The summed E-state index contributed by atoms with van der Waals surface area (Å²) in [5, 5.41) is 0.403. The fourth-order valence-corrected chi connectivity index (χ4v) is 6.16. The first-order valence-corrected chi connectivity index (χ1v) is 13.6. The van der Waals surface area contributed by atoms with Crippen LogP contribution in [0.2, 0.25) is 0 Å². The second-order valence-corrected chi connectivity index (χ2v) is 11.2. The van der Waals surface area contributed by atoms with Crippen LogP contribution >= 0.6 is 23.7 Å². The van der Waals surface area contributed by atoms with Crippen LogP contribution in [0.5, 0.6) is 0 Å².